The Hall–Kier alpha value is -7.02. The zero-order valence-electron chi connectivity index (χ0n) is 57.0. The molecule has 0 bridgehead atoms. The van der Waals surface area contributed by atoms with Gasteiger partial charge in [-0.15, -0.1) is 11.3 Å². The number of benzene rings is 8. The lowest BCUT2D eigenvalue weighted by Gasteiger charge is -2.47. The van der Waals surface area contributed by atoms with Gasteiger partial charge in [0, 0.05) is 59.8 Å². The highest BCUT2D eigenvalue weighted by molar-refractivity contribution is 7.33. The Morgan fingerprint density at radius 3 is 1.71 bits per heavy atom. The number of nitrogens with zero attached hydrogens (tertiary/aromatic N) is 3. The van der Waals surface area contributed by atoms with Crippen molar-refractivity contribution >= 4 is 117 Å². The van der Waals surface area contributed by atoms with Gasteiger partial charge in [-0.1, -0.05) is 171 Å². The molecular weight excluding hydrogens is 1040 g/mol. The average Bonchev–Trinajstić information content (AvgIpc) is 1.68. The molecular formula is C78H82BN3OS. The van der Waals surface area contributed by atoms with E-state index in [0.717, 1.165) is 94.4 Å². The fourth-order valence-corrected chi connectivity index (χ4v) is 17.1. The van der Waals surface area contributed by atoms with Crippen LogP contribution in [-0.2, 0) is 37.9 Å². The second kappa shape index (κ2) is 17.8. The summed E-state index contributed by atoms with van der Waals surface area (Å²) in [6.45, 7) is 35.7. The van der Waals surface area contributed by atoms with E-state index >= 15 is 0 Å². The average molecular weight is 1130 g/mol. The van der Waals surface area contributed by atoms with Gasteiger partial charge in [0.15, 0.2) is 5.58 Å². The number of para-hydroxylation sites is 3. The first-order valence-electron chi connectivity index (χ1n) is 33.4. The van der Waals surface area contributed by atoms with Crippen LogP contribution in [0.5, 0.6) is 0 Å². The summed E-state index contributed by atoms with van der Waals surface area (Å²) >= 11 is 1.96. The van der Waals surface area contributed by atoms with E-state index in [9.17, 15) is 5.48 Å². The third-order valence-corrected chi connectivity index (χ3v) is 22.5. The quantitative estimate of drug-likeness (QED) is 0.160. The largest absolute Gasteiger partial charge is 0.454 e. The fraction of sp³-hybridized carbons (Fsp3) is 0.359. The van der Waals surface area contributed by atoms with Crippen molar-refractivity contribution in [3.8, 4) is 0 Å². The van der Waals surface area contributed by atoms with Crippen molar-refractivity contribution in [3.63, 3.8) is 0 Å². The summed E-state index contributed by atoms with van der Waals surface area (Å²) in [6.07, 6.45) is 6.47. The number of rotatable bonds is 5. The van der Waals surface area contributed by atoms with E-state index in [1.807, 2.05) is 46.6 Å². The molecule has 4 heterocycles. The molecule has 6 heteroatoms. The summed E-state index contributed by atoms with van der Waals surface area (Å²) < 4.78 is 56.8. The van der Waals surface area contributed by atoms with Gasteiger partial charge in [-0.2, -0.15) is 0 Å². The van der Waals surface area contributed by atoms with Crippen LogP contribution in [0.4, 0.5) is 51.2 Å². The number of fused-ring (bicyclic) bond motifs is 12. The second-order valence-corrected chi connectivity index (χ2v) is 31.6. The van der Waals surface area contributed by atoms with Crippen LogP contribution in [0, 0.1) is 0 Å². The van der Waals surface area contributed by atoms with Gasteiger partial charge in [0.2, 0.25) is 0 Å². The van der Waals surface area contributed by atoms with Gasteiger partial charge >= 0.3 is 0 Å². The first kappa shape index (κ1) is 48.2. The van der Waals surface area contributed by atoms with Gasteiger partial charge < -0.3 is 19.1 Å². The predicted molar refractivity (Wildman–Crippen MR) is 362 cm³/mol. The fourth-order valence-electron chi connectivity index (χ4n) is 15.7. The lowest BCUT2D eigenvalue weighted by Crippen LogP contribution is -2.61. The molecule has 0 amide bonds. The van der Waals surface area contributed by atoms with Gasteiger partial charge in [-0.25, -0.2) is 0 Å². The molecule has 3 aliphatic carbocycles. The van der Waals surface area contributed by atoms with E-state index in [-0.39, 0.29) is 74.5 Å². The molecule has 2 aromatic heterocycles. The van der Waals surface area contributed by atoms with Crippen molar-refractivity contribution in [3.05, 3.63) is 190 Å². The number of hydrogen-bond acceptors (Lipinski definition) is 5. The maximum Gasteiger partial charge on any atom is 0.264 e. The van der Waals surface area contributed by atoms with Crippen LogP contribution in [0.3, 0.4) is 0 Å². The third-order valence-electron chi connectivity index (χ3n) is 21.3. The summed E-state index contributed by atoms with van der Waals surface area (Å²) in [5, 5.41) is 3.34. The number of anilines is 9. The van der Waals surface area contributed by atoms with Crippen LogP contribution in [0.1, 0.15) is 188 Å². The van der Waals surface area contributed by atoms with Crippen molar-refractivity contribution in [1.82, 2.24) is 0 Å². The van der Waals surface area contributed by atoms with Crippen molar-refractivity contribution in [2.75, 3.05) is 14.7 Å². The van der Waals surface area contributed by atoms with E-state index in [0.29, 0.717) is 11.4 Å². The Morgan fingerprint density at radius 2 is 1.07 bits per heavy atom. The maximum atomic E-state index is 9.81. The first-order valence-corrected chi connectivity index (χ1v) is 31.7. The standard InChI is InChI=1S/C78H82BN3OS/c1-72(2,3)47-29-32-66-53(39-47)52-27-22-28-62(70(52)83-66)82-63-45-59-58(76(10,11)36-37-77(59,12)13)44-61(63)79-68-64(41-51(42-65(68)82)80(48-23-18-16-19-24-48)49-25-20-17-21-26-49)81(50-30-31-55-56(40-50)74(6,7)34-33-73(55,4)5)69-54-43-57-60(46-67(54)84-71(69)79)78(14,15)38-35-75(57,8)9/h16-32,39-46H,33-38H2,1-15H3/i16D,18D,19D,23D,24D. The van der Waals surface area contributed by atoms with Crippen molar-refractivity contribution in [2.24, 2.45) is 0 Å². The van der Waals surface area contributed by atoms with Crippen LogP contribution < -0.4 is 30.4 Å². The van der Waals surface area contributed by atoms with Gasteiger partial charge in [0.1, 0.15) is 5.58 Å². The normalized spacial score (nSPS) is 19.9. The second-order valence-electron chi connectivity index (χ2n) is 30.6. The van der Waals surface area contributed by atoms with Gasteiger partial charge in [0.25, 0.3) is 6.71 Å². The zero-order chi connectivity index (χ0) is 62.9. The SMILES string of the molecule is [2H]c1c([2H])c([2H])c(N(c2ccccc2)c2cc3c4c(c2)N(c2cccc5c2oc2ccc(C(C)(C)C)cc25)c2cc5c(cc2B4c2sc4cc6c(cc4c2N3c2ccc3c(c2)C(C)(C)CCC3(C)C)C(C)(C)CCC6(C)C)C(C)(C)CCC5(C)C)c([2H])c1[2H]. The van der Waals surface area contributed by atoms with E-state index in [4.69, 9.17) is 5.79 Å². The molecule has 5 aliphatic rings. The van der Waals surface area contributed by atoms with Crippen LogP contribution in [-0.4, -0.2) is 6.71 Å². The summed E-state index contributed by atoms with van der Waals surface area (Å²) in [6, 6.07) is 43.6. The zero-order valence-corrected chi connectivity index (χ0v) is 52.8. The van der Waals surface area contributed by atoms with Crippen molar-refractivity contribution in [1.29, 1.82) is 0 Å². The molecule has 15 rings (SSSR count). The molecule has 4 nitrogen and oxygen atoms in total. The lowest BCUT2D eigenvalue weighted by atomic mass is 9.35. The molecule has 0 unspecified atom stereocenters. The minimum atomic E-state index is -0.429. The molecule has 0 saturated carbocycles. The number of hydrogen-bond donors (Lipinski definition) is 0. The molecule has 0 radical (unpaired) electrons. The maximum absolute atomic E-state index is 9.81. The highest BCUT2D eigenvalue weighted by Gasteiger charge is 2.50. The highest BCUT2D eigenvalue weighted by atomic mass is 32.1. The highest BCUT2D eigenvalue weighted by Crippen LogP contribution is 2.57. The minimum Gasteiger partial charge on any atom is -0.454 e. The number of thiophene rings is 1. The Balaban J connectivity index is 1.15. The predicted octanol–water partition coefficient (Wildman–Crippen LogP) is 20.7. The molecule has 84 heavy (non-hydrogen) atoms. The molecule has 0 fully saturated rings. The van der Waals surface area contributed by atoms with Gasteiger partial charge in [-0.3, -0.25) is 0 Å². The molecule has 0 N–H and O–H groups in total. The van der Waals surface area contributed by atoms with Crippen LogP contribution >= 0.6 is 11.3 Å². The Bertz CT molecular complexity index is 4680. The topological polar surface area (TPSA) is 22.9 Å². The van der Waals surface area contributed by atoms with E-state index in [1.165, 1.54) is 65.0 Å². The smallest absolute Gasteiger partial charge is 0.264 e. The molecule has 0 atom stereocenters. The van der Waals surface area contributed by atoms with E-state index in [1.54, 1.807) is 0 Å². The van der Waals surface area contributed by atoms with Crippen LogP contribution in [0.2, 0.25) is 0 Å². The molecule has 8 aromatic carbocycles. The summed E-state index contributed by atoms with van der Waals surface area (Å²) in [4.78, 5) is 7.01. The summed E-state index contributed by atoms with van der Waals surface area (Å²) in [7, 11) is 0. The van der Waals surface area contributed by atoms with E-state index < -0.39 is 6.04 Å². The first-order chi connectivity index (χ1) is 41.8. The number of furan rings is 1. The Labute approximate surface area is 511 Å². The van der Waals surface area contributed by atoms with Crippen LogP contribution in [0.25, 0.3) is 32.0 Å². The van der Waals surface area contributed by atoms with Gasteiger partial charge in [-0.05, 0) is 211 Å². The van der Waals surface area contributed by atoms with Crippen molar-refractivity contribution < 1.29 is 11.3 Å². The van der Waals surface area contributed by atoms with Crippen molar-refractivity contribution in [2.45, 2.75) is 180 Å². The molecule has 424 valence electrons. The monoisotopic (exact) mass is 1120 g/mol. The third kappa shape index (κ3) is 7.90. The minimum absolute atomic E-state index is 0.0171. The Kier molecular flexibility index (Phi) is 10.2. The molecule has 0 spiro atoms. The summed E-state index contributed by atoms with van der Waals surface area (Å²) in [5.41, 5.74) is 20.6. The molecule has 10 aromatic rings. The molecule has 0 saturated heterocycles. The lowest BCUT2D eigenvalue weighted by molar-refractivity contribution is 0.332. The Morgan fingerprint density at radius 1 is 0.488 bits per heavy atom. The molecule has 2 aliphatic heterocycles. The van der Waals surface area contributed by atoms with Crippen LogP contribution in [0.15, 0.2) is 156 Å². The van der Waals surface area contributed by atoms with Gasteiger partial charge in [0.05, 0.1) is 23.9 Å². The summed E-state index contributed by atoms with van der Waals surface area (Å²) in [5.74, 6) is 0. The van der Waals surface area contributed by atoms with E-state index in [2.05, 4.69) is 205 Å².